The number of hydrogen-bond acceptors (Lipinski definition) is 4. The summed E-state index contributed by atoms with van der Waals surface area (Å²) in [6.07, 6.45) is 5.35. The van der Waals surface area contributed by atoms with E-state index in [0.717, 1.165) is 51.9 Å². The van der Waals surface area contributed by atoms with Crippen LogP contribution in [0.3, 0.4) is 0 Å². The number of carbonyl (C=O) groups is 1. The molecule has 0 unspecified atom stereocenters. The van der Waals surface area contributed by atoms with Crippen molar-refractivity contribution in [1.82, 2.24) is 14.5 Å². The van der Waals surface area contributed by atoms with E-state index in [1.54, 1.807) is 10.4 Å². The molecule has 0 bridgehead atoms. The predicted molar refractivity (Wildman–Crippen MR) is 104 cm³/mol. The highest BCUT2D eigenvalue weighted by molar-refractivity contribution is 7.89. The first-order valence-electron chi connectivity index (χ1n) is 10.2. The molecule has 0 radical (unpaired) electrons. The van der Waals surface area contributed by atoms with Crippen LogP contribution in [0.4, 0.5) is 0 Å². The number of benzene rings is 1. The second kappa shape index (κ2) is 7.89. The quantitative estimate of drug-likeness (QED) is 0.846. The molecule has 1 amide bonds. The highest BCUT2D eigenvalue weighted by Crippen LogP contribution is 2.29. The molecule has 2 saturated heterocycles. The number of aryl methyl sites for hydroxylation is 2. The number of carbonyl (C=O) groups excluding carboxylic acids is 1. The van der Waals surface area contributed by atoms with Crippen molar-refractivity contribution in [2.24, 2.45) is 5.92 Å². The molecule has 1 aromatic carbocycles. The van der Waals surface area contributed by atoms with Crippen molar-refractivity contribution in [2.75, 3.05) is 39.3 Å². The summed E-state index contributed by atoms with van der Waals surface area (Å²) in [5, 5.41) is 3.32. The molecule has 2 heterocycles. The first kappa shape index (κ1) is 18.9. The van der Waals surface area contributed by atoms with Crippen molar-refractivity contribution in [3.05, 3.63) is 29.3 Å². The van der Waals surface area contributed by atoms with Gasteiger partial charge in [-0.2, -0.15) is 4.31 Å². The molecule has 27 heavy (non-hydrogen) atoms. The Morgan fingerprint density at radius 3 is 2.56 bits per heavy atom. The number of hydrogen-bond donors (Lipinski definition) is 1. The fraction of sp³-hybridized carbons (Fsp3) is 0.650. The van der Waals surface area contributed by atoms with Crippen LogP contribution in [0, 0.1) is 5.92 Å². The maximum absolute atomic E-state index is 13.0. The molecule has 2 fully saturated rings. The summed E-state index contributed by atoms with van der Waals surface area (Å²) in [6.45, 7) is 4.23. The average molecular weight is 392 g/mol. The third-order valence-corrected chi connectivity index (χ3v) is 8.06. The van der Waals surface area contributed by atoms with Crippen LogP contribution in [0.1, 0.15) is 36.8 Å². The van der Waals surface area contributed by atoms with E-state index < -0.39 is 10.0 Å². The monoisotopic (exact) mass is 391 g/mol. The van der Waals surface area contributed by atoms with E-state index in [1.807, 2.05) is 17.0 Å². The molecular weight excluding hydrogens is 362 g/mol. The van der Waals surface area contributed by atoms with Crippen molar-refractivity contribution in [3.8, 4) is 0 Å². The van der Waals surface area contributed by atoms with Gasteiger partial charge < -0.3 is 10.2 Å². The van der Waals surface area contributed by atoms with Crippen molar-refractivity contribution >= 4 is 15.9 Å². The van der Waals surface area contributed by atoms with Gasteiger partial charge in [0.05, 0.1) is 4.90 Å². The number of rotatable bonds is 3. The van der Waals surface area contributed by atoms with Crippen molar-refractivity contribution in [3.63, 3.8) is 0 Å². The Morgan fingerprint density at radius 2 is 1.74 bits per heavy atom. The molecule has 2 aliphatic heterocycles. The summed E-state index contributed by atoms with van der Waals surface area (Å²) in [5.74, 6) is 0.155. The smallest absolute Gasteiger partial charge is 0.243 e. The molecule has 0 atom stereocenters. The fourth-order valence-corrected chi connectivity index (χ4v) is 6.05. The number of piperidine rings is 1. The zero-order valence-corrected chi connectivity index (χ0v) is 16.6. The Kier molecular flexibility index (Phi) is 5.53. The van der Waals surface area contributed by atoms with Crippen LogP contribution in [-0.2, 0) is 27.7 Å². The lowest BCUT2D eigenvalue weighted by Gasteiger charge is -2.33. The molecule has 7 heteroatoms. The van der Waals surface area contributed by atoms with Crippen LogP contribution in [0.5, 0.6) is 0 Å². The van der Waals surface area contributed by atoms with Crippen molar-refractivity contribution in [2.45, 2.75) is 43.4 Å². The number of nitrogens with zero attached hydrogens (tertiary/aromatic N) is 2. The van der Waals surface area contributed by atoms with E-state index in [-0.39, 0.29) is 11.8 Å². The standard InChI is InChI=1S/C20H29N3O3S/c24-20(22-11-2-9-21-10-14-22)17-7-12-23(13-8-17)27(25,26)19-6-5-16-3-1-4-18(16)15-19/h5-6,15,17,21H,1-4,7-14H2. The lowest BCUT2D eigenvalue weighted by Crippen LogP contribution is -2.45. The van der Waals surface area contributed by atoms with Gasteiger partial charge in [-0.1, -0.05) is 6.07 Å². The molecule has 0 saturated carbocycles. The van der Waals surface area contributed by atoms with Gasteiger partial charge in [-0.05, 0) is 68.3 Å². The Balaban J connectivity index is 1.40. The first-order valence-corrected chi connectivity index (χ1v) is 11.6. The second-order valence-electron chi connectivity index (χ2n) is 7.89. The summed E-state index contributed by atoms with van der Waals surface area (Å²) >= 11 is 0. The molecule has 3 aliphatic rings. The summed E-state index contributed by atoms with van der Waals surface area (Å²) in [6, 6.07) is 5.58. The van der Waals surface area contributed by atoms with E-state index >= 15 is 0 Å². The Labute approximate surface area is 162 Å². The normalized spacial score (nSPS) is 22.4. The number of amides is 1. The van der Waals surface area contributed by atoms with Crippen molar-refractivity contribution in [1.29, 1.82) is 0 Å². The first-order chi connectivity index (χ1) is 13.1. The molecule has 0 aromatic heterocycles. The maximum atomic E-state index is 13.0. The lowest BCUT2D eigenvalue weighted by molar-refractivity contribution is -0.136. The Bertz CT molecular complexity index is 793. The molecule has 6 nitrogen and oxygen atoms in total. The predicted octanol–water partition coefficient (Wildman–Crippen LogP) is 1.40. The van der Waals surface area contributed by atoms with Gasteiger partial charge in [0.1, 0.15) is 0 Å². The van der Waals surface area contributed by atoms with Gasteiger partial charge in [0, 0.05) is 38.6 Å². The van der Waals surface area contributed by atoms with Crippen LogP contribution in [0.2, 0.25) is 0 Å². The van der Waals surface area contributed by atoms with E-state index in [1.165, 1.54) is 11.1 Å². The van der Waals surface area contributed by atoms with E-state index in [2.05, 4.69) is 5.32 Å². The minimum absolute atomic E-state index is 0.0467. The Morgan fingerprint density at radius 1 is 0.963 bits per heavy atom. The summed E-state index contributed by atoms with van der Waals surface area (Å²) < 4.78 is 27.6. The number of fused-ring (bicyclic) bond motifs is 1. The van der Waals surface area contributed by atoms with Crippen LogP contribution in [0.15, 0.2) is 23.1 Å². The van der Waals surface area contributed by atoms with Gasteiger partial charge >= 0.3 is 0 Å². The zero-order valence-electron chi connectivity index (χ0n) is 15.8. The fourth-order valence-electron chi connectivity index (χ4n) is 4.53. The topological polar surface area (TPSA) is 69.7 Å². The highest BCUT2D eigenvalue weighted by atomic mass is 32.2. The largest absolute Gasteiger partial charge is 0.341 e. The number of sulfonamides is 1. The summed E-state index contributed by atoms with van der Waals surface area (Å²) in [5.41, 5.74) is 2.46. The molecule has 1 N–H and O–H groups in total. The van der Waals surface area contributed by atoms with Gasteiger partial charge in [-0.15, -0.1) is 0 Å². The van der Waals surface area contributed by atoms with Crippen LogP contribution >= 0.6 is 0 Å². The minimum Gasteiger partial charge on any atom is -0.341 e. The van der Waals surface area contributed by atoms with Gasteiger partial charge in [0.15, 0.2) is 0 Å². The SMILES string of the molecule is O=C(C1CCN(S(=O)(=O)c2ccc3c(c2)CCC3)CC1)N1CCCNCC1. The minimum atomic E-state index is -3.47. The Hall–Kier alpha value is -1.44. The van der Waals surface area contributed by atoms with E-state index in [0.29, 0.717) is 30.8 Å². The maximum Gasteiger partial charge on any atom is 0.243 e. The van der Waals surface area contributed by atoms with Gasteiger partial charge in [0.25, 0.3) is 0 Å². The summed E-state index contributed by atoms with van der Waals surface area (Å²) in [7, 11) is -3.47. The van der Waals surface area contributed by atoms with Crippen molar-refractivity contribution < 1.29 is 13.2 Å². The van der Waals surface area contributed by atoms with Crippen LogP contribution in [-0.4, -0.2) is 62.8 Å². The summed E-state index contributed by atoms with van der Waals surface area (Å²) in [4.78, 5) is 15.2. The lowest BCUT2D eigenvalue weighted by atomic mass is 9.96. The van der Waals surface area contributed by atoms with Gasteiger partial charge in [0.2, 0.25) is 15.9 Å². The third-order valence-electron chi connectivity index (χ3n) is 6.16. The molecule has 0 spiro atoms. The van der Waals surface area contributed by atoms with E-state index in [9.17, 15) is 13.2 Å². The molecule has 4 rings (SSSR count). The van der Waals surface area contributed by atoms with E-state index in [4.69, 9.17) is 0 Å². The molecule has 1 aliphatic carbocycles. The van der Waals surface area contributed by atoms with Gasteiger partial charge in [-0.25, -0.2) is 8.42 Å². The zero-order chi connectivity index (χ0) is 18.9. The van der Waals surface area contributed by atoms with Crippen LogP contribution < -0.4 is 5.32 Å². The molecule has 148 valence electrons. The molecule has 1 aromatic rings. The second-order valence-corrected chi connectivity index (χ2v) is 9.83. The highest BCUT2D eigenvalue weighted by Gasteiger charge is 2.34. The van der Waals surface area contributed by atoms with Gasteiger partial charge in [-0.3, -0.25) is 4.79 Å². The molecular formula is C20H29N3O3S. The average Bonchev–Trinajstić information content (AvgIpc) is 2.99. The third kappa shape index (κ3) is 3.91. The van der Waals surface area contributed by atoms with Crippen LogP contribution in [0.25, 0.3) is 0 Å². The number of nitrogens with one attached hydrogen (secondary N) is 1.